The van der Waals surface area contributed by atoms with Gasteiger partial charge >= 0.3 is 0 Å². The number of carbonyl (C=O) groups is 1. The molecule has 0 radical (unpaired) electrons. The van der Waals surface area contributed by atoms with Crippen LogP contribution in [-0.2, 0) is 6.54 Å². The minimum absolute atomic E-state index is 0.179. The van der Waals surface area contributed by atoms with Crippen molar-refractivity contribution >= 4 is 32.6 Å². The quantitative estimate of drug-likeness (QED) is 0.261. The van der Waals surface area contributed by atoms with Crippen LogP contribution in [0.1, 0.15) is 15.9 Å². The topological polar surface area (TPSA) is 51.7 Å². The fourth-order valence-corrected chi connectivity index (χ4v) is 4.57. The molecule has 168 valence electrons. The molecular formula is C28H22N2O3S. The molecule has 1 amide bonds. The zero-order chi connectivity index (χ0) is 23.3. The van der Waals surface area contributed by atoms with Crippen molar-refractivity contribution in [1.29, 1.82) is 0 Å². The van der Waals surface area contributed by atoms with Crippen LogP contribution < -0.4 is 14.4 Å². The Balaban J connectivity index is 1.55. The smallest absolute Gasteiger partial charge is 0.264 e. The maximum Gasteiger partial charge on any atom is 0.264 e. The van der Waals surface area contributed by atoms with E-state index in [1.807, 2.05) is 97.1 Å². The number of ether oxygens (including phenoxy) is 2. The van der Waals surface area contributed by atoms with Gasteiger partial charge in [0.2, 0.25) is 0 Å². The first kappa shape index (κ1) is 21.7. The number of carbonyl (C=O) groups excluding carboxylic acids is 1. The number of amides is 1. The van der Waals surface area contributed by atoms with Gasteiger partial charge in [-0.1, -0.05) is 72.0 Å². The standard InChI is InChI=1S/C28H22N2O3S/c1-32-22-16-17-26-24(18-22)29-28(34-26)30(19-20-10-4-2-5-11-20)27(31)23-14-8-9-15-25(23)33-21-12-6-3-7-13-21/h2-18H,19H2,1H3. The highest BCUT2D eigenvalue weighted by Crippen LogP contribution is 2.34. The number of hydrogen-bond acceptors (Lipinski definition) is 5. The first-order valence-corrected chi connectivity index (χ1v) is 11.7. The van der Waals surface area contributed by atoms with E-state index < -0.39 is 0 Å². The van der Waals surface area contributed by atoms with Crippen molar-refractivity contribution in [2.24, 2.45) is 0 Å². The van der Waals surface area contributed by atoms with Crippen molar-refractivity contribution in [2.75, 3.05) is 12.0 Å². The van der Waals surface area contributed by atoms with Crippen LogP contribution in [0.5, 0.6) is 17.2 Å². The number of hydrogen-bond donors (Lipinski definition) is 0. The summed E-state index contributed by atoms with van der Waals surface area (Å²) in [5.41, 5.74) is 2.27. The molecule has 0 fully saturated rings. The summed E-state index contributed by atoms with van der Waals surface area (Å²) >= 11 is 1.47. The Kier molecular flexibility index (Phi) is 6.23. The summed E-state index contributed by atoms with van der Waals surface area (Å²) < 4.78 is 12.4. The number of aromatic nitrogens is 1. The first-order valence-electron chi connectivity index (χ1n) is 10.8. The van der Waals surface area contributed by atoms with Crippen molar-refractivity contribution in [1.82, 2.24) is 4.98 Å². The third-order valence-corrected chi connectivity index (χ3v) is 6.39. The maximum atomic E-state index is 13.9. The minimum Gasteiger partial charge on any atom is -0.497 e. The lowest BCUT2D eigenvalue weighted by Crippen LogP contribution is -2.30. The molecule has 5 rings (SSSR count). The molecule has 1 aromatic heterocycles. The molecule has 0 N–H and O–H groups in total. The Morgan fingerprint density at radius 2 is 1.56 bits per heavy atom. The molecular weight excluding hydrogens is 444 g/mol. The Bertz CT molecular complexity index is 1420. The second kappa shape index (κ2) is 9.77. The van der Waals surface area contributed by atoms with Crippen molar-refractivity contribution < 1.29 is 14.3 Å². The van der Waals surface area contributed by atoms with Gasteiger partial charge in [0.15, 0.2) is 5.13 Å². The fourth-order valence-electron chi connectivity index (χ4n) is 3.62. The van der Waals surface area contributed by atoms with Gasteiger partial charge in [-0.2, -0.15) is 0 Å². The van der Waals surface area contributed by atoms with Crippen LogP contribution in [0.3, 0.4) is 0 Å². The van der Waals surface area contributed by atoms with E-state index in [2.05, 4.69) is 0 Å². The van der Waals surface area contributed by atoms with Crippen molar-refractivity contribution in [3.8, 4) is 17.2 Å². The average molecular weight is 467 g/mol. The monoisotopic (exact) mass is 466 g/mol. The molecule has 34 heavy (non-hydrogen) atoms. The highest BCUT2D eigenvalue weighted by molar-refractivity contribution is 7.22. The van der Waals surface area contributed by atoms with Crippen LogP contribution in [0.2, 0.25) is 0 Å². The predicted octanol–water partition coefficient (Wildman–Crippen LogP) is 6.94. The van der Waals surface area contributed by atoms with E-state index in [-0.39, 0.29) is 5.91 Å². The van der Waals surface area contributed by atoms with E-state index in [1.54, 1.807) is 18.1 Å². The van der Waals surface area contributed by atoms with Crippen LogP contribution >= 0.6 is 11.3 Å². The third kappa shape index (κ3) is 4.63. The van der Waals surface area contributed by atoms with E-state index in [4.69, 9.17) is 14.5 Å². The molecule has 0 saturated carbocycles. The van der Waals surface area contributed by atoms with Crippen LogP contribution in [-0.4, -0.2) is 18.0 Å². The zero-order valence-corrected chi connectivity index (χ0v) is 19.4. The summed E-state index contributed by atoms with van der Waals surface area (Å²) in [4.78, 5) is 20.4. The second-order valence-corrected chi connectivity index (χ2v) is 8.63. The molecule has 0 aliphatic heterocycles. The lowest BCUT2D eigenvalue weighted by molar-refractivity contribution is 0.0983. The summed E-state index contributed by atoms with van der Waals surface area (Å²) in [6.07, 6.45) is 0. The Morgan fingerprint density at radius 3 is 2.32 bits per heavy atom. The highest BCUT2D eigenvalue weighted by atomic mass is 32.1. The molecule has 4 aromatic carbocycles. The van der Waals surface area contributed by atoms with E-state index in [0.717, 1.165) is 21.5 Å². The highest BCUT2D eigenvalue weighted by Gasteiger charge is 2.24. The maximum absolute atomic E-state index is 13.9. The molecule has 5 nitrogen and oxygen atoms in total. The van der Waals surface area contributed by atoms with Crippen LogP contribution in [0.25, 0.3) is 10.2 Å². The van der Waals surface area contributed by atoms with Gasteiger partial charge in [-0.05, 0) is 42.0 Å². The number of thiazole rings is 1. The van der Waals surface area contributed by atoms with Crippen LogP contribution in [0.15, 0.2) is 103 Å². The van der Waals surface area contributed by atoms with Gasteiger partial charge in [0.05, 0.1) is 29.4 Å². The number of methoxy groups -OCH3 is 1. The Labute approximate surface area is 201 Å². The molecule has 0 spiro atoms. The minimum atomic E-state index is -0.179. The number of benzene rings is 4. The summed E-state index contributed by atoms with van der Waals surface area (Å²) in [5, 5.41) is 0.617. The largest absolute Gasteiger partial charge is 0.497 e. The fraction of sp³-hybridized carbons (Fsp3) is 0.0714. The summed E-state index contributed by atoms with van der Waals surface area (Å²) in [5.74, 6) is 1.72. The molecule has 5 aromatic rings. The molecule has 1 heterocycles. The summed E-state index contributed by atoms with van der Waals surface area (Å²) in [7, 11) is 1.63. The SMILES string of the molecule is COc1ccc2sc(N(Cc3ccccc3)C(=O)c3ccccc3Oc3ccccc3)nc2c1. The predicted molar refractivity (Wildman–Crippen MR) is 136 cm³/mol. The van der Waals surface area contributed by atoms with E-state index >= 15 is 0 Å². The number of rotatable bonds is 7. The Hall–Kier alpha value is -4.16. The van der Waals surface area contributed by atoms with Gasteiger partial charge in [0.1, 0.15) is 17.2 Å². The average Bonchev–Trinajstić information content (AvgIpc) is 3.31. The van der Waals surface area contributed by atoms with Gasteiger partial charge in [-0.25, -0.2) is 4.98 Å². The molecule has 0 unspecified atom stereocenters. The molecule has 0 atom stereocenters. The first-order chi connectivity index (χ1) is 16.7. The lowest BCUT2D eigenvalue weighted by Gasteiger charge is -2.21. The van der Waals surface area contributed by atoms with Gasteiger partial charge in [-0.15, -0.1) is 0 Å². The summed E-state index contributed by atoms with van der Waals surface area (Å²) in [6, 6.07) is 32.4. The number of para-hydroxylation sites is 2. The molecule has 0 aliphatic rings. The van der Waals surface area contributed by atoms with E-state index in [9.17, 15) is 4.79 Å². The molecule has 6 heteroatoms. The lowest BCUT2D eigenvalue weighted by atomic mass is 10.1. The van der Waals surface area contributed by atoms with Crippen molar-refractivity contribution in [2.45, 2.75) is 6.54 Å². The van der Waals surface area contributed by atoms with E-state index in [0.29, 0.717) is 28.7 Å². The zero-order valence-electron chi connectivity index (χ0n) is 18.5. The van der Waals surface area contributed by atoms with Gasteiger partial charge in [0, 0.05) is 6.07 Å². The van der Waals surface area contributed by atoms with Crippen molar-refractivity contribution in [3.63, 3.8) is 0 Å². The molecule has 0 aliphatic carbocycles. The van der Waals surface area contributed by atoms with Gasteiger partial charge in [0.25, 0.3) is 5.91 Å². The molecule has 0 saturated heterocycles. The van der Waals surface area contributed by atoms with Crippen LogP contribution in [0.4, 0.5) is 5.13 Å². The number of anilines is 1. The van der Waals surface area contributed by atoms with Gasteiger partial charge < -0.3 is 9.47 Å². The Morgan fingerprint density at radius 1 is 0.853 bits per heavy atom. The third-order valence-electron chi connectivity index (χ3n) is 5.33. The number of fused-ring (bicyclic) bond motifs is 1. The second-order valence-electron chi connectivity index (χ2n) is 7.62. The van der Waals surface area contributed by atoms with E-state index in [1.165, 1.54) is 11.3 Å². The summed E-state index contributed by atoms with van der Waals surface area (Å²) in [6.45, 7) is 0.385. The number of nitrogens with zero attached hydrogens (tertiary/aromatic N) is 2. The van der Waals surface area contributed by atoms with Crippen LogP contribution in [0, 0.1) is 0 Å². The normalized spacial score (nSPS) is 10.7. The van der Waals surface area contributed by atoms with Gasteiger partial charge in [-0.3, -0.25) is 9.69 Å². The van der Waals surface area contributed by atoms with Crippen molar-refractivity contribution in [3.05, 3.63) is 114 Å². The molecule has 0 bridgehead atoms.